The number of aliphatic carboxylic acids is 1. The van der Waals surface area contributed by atoms with E-state index in [1.54, 1.807) is 0 Å². The van der Waals surface area contributed by atoms with Crippen LogP contribution in [0.5, 0.6) is 11.5 Å². The maximum absolute atomic E-state index is 11.1. The van der Waals surface area contributed by atoms with Gasteiger partial charge in [0.15, 0.2) is 5.75 Å². The van der Waals surface area contributed by atoms with Gasteiger partial charge in [0.25, 0.3) is 0 Å². The molecule has 0 saturated carbocycles. The van der Waals surface area contributed by atoms with Gasteiger partial charge in [-0.15, -0.1) is 0 Å². The summed E-state index contributed by atoms with van der Waals surface area (Å²) in [5, 5.41) is 29.5. The highest BCUT2D eigenvalue weighted by atomic mass is 16.6. The second-order valence-electron chi connectivity index (χ2n) is 4.79. The van der Waals surface area contributed by atoms with Gasteiger partial charge >= 0.3 is 11.7 Å². The van der Waals surface area contributed by atoms with E-state index in [1.807, 2.05) is 0 Å². The fraction of sp³-hybridized carbons (Fsp3) is 0.417. The van der Waals surface area contributed by atoms with Gasteiger partial charge in [-0.05, 0) is 31.9 Å². The van der Waals surface area contributed by atoms with Crippen LogP contribution < -0.4 is 4.74 Å². The SMILES string of the molecule is COc1cc(CC(C)(C)C(=O)O)cc([N+](=O)[O-])c1O. The first-order valence-corrected chi connectivity index (χ1v) is 5.46. The van der Waals surface area contributed by atoms with Crippen molar-refractivity contribution in [2.24, 2.45) is 5.41 Å². The first-order valence-electron chi connectivity index (χ1n) is 5.46. The first kappa shape index (κ1) is 14.7. The van der Waals surface area contributed by atoms with E-state index in [-0.39, 0.29) is 12.2 Å². The Kier molecular flexibility index (Phi) is 3.98. The Balaban J connectivity index is 3.27. The highest BCUT2D eigenvalue weighted by Gasteiger charge is 2.29. The molecule has 2 N–H and O–H groups in total. The third-order valence-corrected chi connectivity index (χ3v) is 2.76. The van der Waals surface area contributed by atoms with Crippen molar-refractivity contribution < 1.29 is 24.7 Å². The van der Waals surface area contributed by atoms with Crippen LogP contribution in [0.4, 0.5) is 5.69 Å². The predicted molar refractivity (Wildman–Crippen MR) is 66.4 cm³/mol. The number of nitro benzene ring substituents is 1. The van der Waals surface area contributed by atoms with Crippen molar-refractivity contribution in [3.05, 3.63) is 27.8 Å². The molecule has 7 nitrogen and oxygen atoms in total. The maximum Gasteiger partial charge on any atom is 0.314 e. The van der Waals surface area contributed by atoms with Gasteiger partial charge in [-0.2, -0.15) is 0 Å². The van der Waals surface area contributed by atoms with Crippen molar-refractivity contribution in [3.8, 4) is 11.5 Å². The molecule has 7 heteroatoms. The summed E-state index contributed by atoms with van der Waals surface area (Å²) in [5.41, 5.74) is -1.17. The van der Waals surface area contributed by atoms with Crippen molar-refractivity contribution in [3.63, 3.8) is 0 Å². The number of carboxylic acids is 1. The van der Waals surface area contributed by atoms with Gasteiger partial charge in [0.2, 0.25) is 5.75 Å². The lowest BCUT2D eigenvalue weighted by molar-refractivity contribution is -0.386. The molecular formula is C12H15NO6. The Morgan fingerprint density at radius 2 is 2.05 bits per heavy atom. The minimum absolute atomic E-state index is 0.0506. The third kappa shape index (κ3) is 3.12. The molecule has 1 aromatic carbocycles. The number of aromatic hydroxyl groups is 1. The van der Waals surface area contributed by atoms with E-state index < -0.39 is 27.7 Å². The molecule has 0 saturated heterocycles. The van der Waals surface area contributed by atoms with Crippen LogP contribution in [0.3, 0.4) is 0 Å². The minimum atomic E-state index is -1.07. The molecule has 1 aromatic rings. The van der Waals surface area contributed by atoms with Gasteiger partial charge in [0, 0.05) is 6.07 Å². The Morgan fingerprint density at radius 3 is 2.47 bits per heavy atom. The van der Waals surface area contributed by atoms with Gasteiger partial charge in [-0.1, -0.05) is 0 Å². The summed E-state index contributed by atoms with van der Waals surface area (Å²) in [5.74, 6) is -1.63. The summed E-state index contributed by atoms with van der Waals surface area (Å²) in [6, 6.07) is 2.55. The van der Waals surface area contributed by atoms with Crippen LogP contribution in [0.2, 0.25) is 0 Å². The number of nitrogens with zero attached hydrogens (tertiary/aromatic N) is 1. The quantitative estimate of drug-likeness (QED) is 0.624. The molecule has 0 amide bonds. The lowest BCUT2D eigenvalue weighted by Crippen LogP contribution is -2.26. The zero-order chi connectivity index (χ0) is 14.8. The molecule has 19 heavy (non-hydrogen) atoms. The van der Waals surface area contributed by atoms with Crippen molar-refractivity contribution in [2.45, 2.75) is 20.3 Å². The van der Waals surface area contributed by atoms with Crippen LogP contribution >= 0.6 is 0 Å². The molecule has 104 valence electrons. The Labute approximate surface area is 109 Å². The topological polar surface area (TPSA) is 110 Å². The van der Waals surface area contributed by atoms with Crippen molar-refractivity contribution in [1.82, 2.24) is 0 Å². The summed E-state index contributed by atoms with van der Waals surface area (Å²) in [7, 11) is 1.27. The van der Waals surface area contributed by atoms with Crippen LogP contribution in [0, 0.1) is 15.5 Å². The normalized spacial score (nSPS) is 11.1. The highest BCUT2D eigenvalue weighted by molar-refractivity contribution is 5.74. The molecule has 0 unspecified atom stereocenters. The summed E-state index contributed by atoms with van der Waals surface area (Å²) in [6.07, 6.45) is 0.0831. The molecule has 0 aromatic heterocycles. The molecule has 0 aliphatic carbocycles. The van der Waals surface area contributed by atoms with Crippen LogP contribution in [0.1, 0.15) is 19.4 Å². The Morgan fingerprint density at radius 1 is 1.47 bits per heavy atom. The number of carboxylic acid groups (broad SMARTS) is 1. The second kappa shape index (κ2) is 5.13. The van der Waals surface area contributed by atoms with E-state index in [2.05, 4.69) is 0 Å². The summed E-state index contributed by atoms with van der Waals surface area (Å²) < 4.78 is 4.85. The van der Waals surface area contributed by atoms with Crippen LogP contribution in [-0.4, -0.2) is 28.2 Å². The summed E-state index contributed by atoms with van der Waals surface area (Å²) in [4.78, 5) is 21.1. The monoisotopic (exact) mass is 269 g/mol. The molecule has 0 aliphatic rings. The molecule has 0 aliphatic heterocycles. The highest BCUT2D eigenvalue weighted by Crippen LogP contribution is 2.38. The molecule has 0 heterocycles. The first-order chi connectivity index (χ1) is 8.69. The van der Waals surface area contributed by atoms with Crippen molar-refractivity contribution in [1.29, 1.82) is 0 Å². The largest absolute Gasteiger partial charge is 0.500 e. The average Bonchev–Trinajstić information content (AvgIpc) is 2.30. The van der Waals surface area contributed by atoms with Crippen LogP contribution in [0.25, 0.3) is 0 Å². The summed E-state index contributed by atoms with van der Waals surface area (Å²) >= 11 is 0. The Bertz CT molecular complexity index is 523. The van der Waals surface area contributed by atoms with E-state index in [0.717, 1.165) is 6.07 Å². The molecule has 0 radical (unpaired) electrons. The number of nitro groups is 1. The predicted octanol–water partition coefficient (Wildman–Crippen LogP) is 1.96. The number of ether oxygens (including phenoxy) is 1. The molecule has 0 bridgehead atoms. The number of methoxy groups -OCH3 is 1. The number of hydrogen-bond donors (Lipinski definition) is 2. The van der Waals surface area contributed by atoms with Gasteiger partial charge in [0.05, 0.1) is 17.4 Å². The number of phenols is 1. The molecular weight excluding hydrogens is 254 g/mol. The Hall–Kier alpha value is -2.31. The number of rotatable bonds is 5. The van der Waals surface area contributed by atoms with Crippen LogP contribution in [0.15, 0.2) is 12.1 Å². The number of benzene rings is 1. The zero-order valence-electron chi connectivity index (χ0n) is 10.8. The van der Waals surface area contributed by atoms with E-state index >= 15 is 0 Å². The number of phenolic OH excluding ortho intramolecular Hbond substituents is 1. The van der Waals surface area contributed by atoms with E-state index in [0.29, 0.717) is 5.56 Å². The average molecular weight is 269 g/mol. The minimum Gasteiger partial charge on any atom is -0.500 e. The van der Waals surface area contributed by atoms with Crippen molar-refractivity contribution in [2.75, 3.05) is 7.11 Å². The lowest BCUT2D eigenvalue weighted by atomic mass is 9.85. The number of carbonyl (C=O) groups is 1. The van der Waals surface area contributed by atoms with Gasteiger partial charge < -0.3 is 14.9 Å². The molecule has 1 rings (SSSR count). The molecule has 0 fully saturated rings. The second-order valence-corrected chi connectivity index (χ2v) is 4.79. The smallest absolute Gasteiger partial charge is 0.314 e. The maximum atomic E-state index is 11.1. The molecule has 0 spiro atoms. The van der Waals surface area contributed by atoms with Gasteiger partial charge in [-0.25, -0.2) is 0 Å². The third-order valence-electron chi connectivity index (χ3n) is 2.76. The number of hydrogen-bond acceptors (Lipinski definition) is 5. The van der Waals surface area contributed by atoms with E-state index in [1.165, 1.54) is 27.0 Å². The van der Waals surface area contributed by atoms with Crippen LogP contribution in [-0.2, 0) is 11.2 Å². The summed E-state index contributed by atoms with van der Waals surface area (Å²) in [6.45, 7) is 3.03. The van der Waals surface area contributed by atoms with Gasteiger partial charge in [-0.3, -0.25) is 14.9 Å². The van der Waals surface area contributed by atoms with E-state index in [9.17, 15) is 20.0 Å². The molecule has 0 atom stereocenters. The lowest BCUT2D eigenvalue weighted by Gasteiger charge is -2.19. The fourth-order valence-corrected chi connectivity index (χ4v) is 1.63. The van der Waals surface area contributed by atoms with E-state index in [4.69, 9.17) is 9.84 Å². The standard InChI is InChI=1S/C12H15NO6/c1-12(2,11(15)16)6-7-4-8(13(17)18)10(14)9(5-7)19-3/h4-5,14H,6H2,1-3H3,(H,15,16). The van der Waals surface area contributed by atoms with Crippen molar-refractivity contribution >= 4 is 11.7 Å². The fourth-order valence-electron chi connectivity index (χ4n) is 1.63. The zero-order valence-corrected chi connectivity index (χ0v) is 10.8. The van der Waals surface area contributed by atoms with Gasteiger partial charge in [0.1, 0.15) is 0 Å².